The van der Waals surface area contributed by atoms with E-state index < -0.39 is 5.54 Å². The van der Waals surface area contributed by atoms with Gasteiger partial charge in [0, 0.05) is 5.56 Å². The molecule has 4 heteroatoms. The number of phenols is 1. The molecule has 0 aromatic heterocycles. The first-order valence-electron chi connectivity index (χ1n) is 4.27. The maximum Gasteiger partial charge on any atom is 0.235 e. The lowest BCUT2D eigenvalue weighted by Crippen LogP contribution is -2.02. The number of nitrogens with zero attached hydrogens (tertiary/aromatic N) is 1. The second-order valence-corrected chi connectivity index (χ2v) is 4.23. The number of rotatable bonds is 2. The van der Waals surface area contributed by atoms with Gasteiger partial charge in [0.15, 0.2) is 0 Å². The highest BCUT2D eigenvalue weighted by Crippen LogP contribution is 2.53. The molecule has 14 heavy (non-hydrogen) atoms. The standard InChI is InChI=1S/C10H8BrNO2/c11-8-3-1-2-7(9(8)14)10(4-5-10)12-6-13/h1-3,14H,4-5H2. The number of phenolic OH excluding ortho intramolecular Hbond substituents is 1. The fourth-order valence-electron chi connectivity index (χ4n) is 1.54. The molecule has 0 heterocycles. The topological polar surface area (TPSA) is 49.7 Å². The molecule has 1 aliphatic rings. The zero-order chi connectivity index (χ0) is 10.2. The normalized spacial score (nSPS) is 17.2. The average molecular weight is 254 g/mol. The van der Waals surface area contributed by atoms with Crippen molar-refractivity contribution in [3.8, 4) is 5.75 Å². The molecule has 1 aliphatic carbocycles. The number of aliphatic imine (C=N–C) groups is 1. The fourth-order valence-corrected chi connectivity index (χ4v) is 1.90. The number of halogens is 1. The summed E-state index contributed by atoms with van der Waals surface area (Å²) in [5.41, 5.74) is 0.200. The highest BCUT2D eigenvalue weighted by atomic mass is 79.9. The number of aromatic hydroxyl groups is 1. The van der Waals surface area contributed by atoms with Crippen LogP contribution in [0.3, 0.4) is 0 Å². The van der Waals surface area contributed by atoms with Crippen LogP contribution < -0.4 is 0 Å². The van der Waals surface area contributed by atoms with E-state index in [1.807, 2.05) is 6.07 Å². The average Bonchev–Trinajstić information content (AvgIpc) is 2.91. The zero-order valence-corrected chi connectivity index (χ0v) is 8.91. The predicted molar refractivity (Wildman–Crippen MR) is 54.8 cm³/mol. The number of hydrogen-bond donors (Lipinski definition) is 1. The molecule has 72 valence electrons. The Balaban J connectivity index is 2.52. The number of benzene rings is 1. The van der Waals surface area contributed by atoms with Gasteiger partial charge in [-0.1, -0.05) is 12.1 Å². The Bertz CT molecular complexity index is 420. The van der Waals surface area contributed by atoms with Gasteiger partial charge in [-0.2, -0.15) is 4.99 Å². The molecule has 3 nitrogen and oxygen atoms in total. The molecule has 1 aromatic carbocycles. The molecule has 0 atom stereocenters. The van der Waals surface area contributed by atoms with Crippen LogP contribution in [0.4, 0.5) is 0 Å². The molecule has 1 N–H and O–H groups in total. The van der Waals surface area contributed by atoms with E-state index in [-0.39, 0.29) is 5.75 Å². The van der Waals surface area contributed by atoms with Crippen LogP contribution in [-0.4, -0.2) is 11.2 Å². The van der Waals surface area contributed by atoms with Crippen LogP contribution in [0.5, 0.6) is 5.75 Å². The maximum absolute atomic E-state index is 10.2. The van der Waals surface area contributed by atoms with Crippen molar-refractivity contribution < 1.29 is 9.90 Å². The number of carbonyl (C=O) groups excluding carboxylic acids is 1. The summed E-state index contributed by atoms with van der Waals surface area (Å²) in [7, 11) is 0. The third-order valence-corrected chi connectivity index (χ3v) is 3.11. The molecular formula is C10H8BrNO2. The zero-order valence-electron chi connectivity index (χ0n) is 7.33. The van der Waals surface area contributed by atoms with E-state index in [2.05, 4.69) is 20.9 Å². The van der Waals surface area contributed by atoms with E-state index in [4.69, 9.17) is 0 Å². The van der Waals surface area contributed by atoms with Gasteiger partial charge >= 0.3 is 0 Å². The summed E-state index contributed by atoms with van der Waals surface area (Å²) < 4.78 is 0.627. The molecule has 1 saturated carbocycles. The third kappa shape index (κ3) is 1.37. The van der Waals surface area contributed by atoms with Crippen LogP contribution in [0, 0.1) is 0 Å². The van der Waals surface area contributed by atoms with Crippen molar-refractivity contribution in [3.05, 3.63) is 28.2 Å². The monoisotopic (exact) mass is 253 g/mol. The molecule has 1 fully saturated rings. The number of isocyanates is 1. The summed E-state index contributed by atoms with van der Waals surface area (Å²) in [4.78, 5) is 14.0. The Kier molecular flexibility index (Phi) is 2.17. The Morgan fingerprint density at radius 3 is 2.79 bits per heavy atom. The second kappa shape index (κ2) is 3.23. The molecule has 0 bridgehead atoms. The van der Waals surface area contributed by atoms with Crippen LogP contribution in [0.15, 0.2) is 27.7 Å². The van der Waals surface area contributed by atoms with E-state index >= 15 is 0 Å². The van der Waals surface area contributed by atoms with Gasteiger partial charge in [0.25, 0.3) is 0 Å². The van der Waals surface area contributed by atoms with Gasteiger partial charge in [-0.3, -0.25) is 0 Å². The van der Waals surface area contributed by atoms with Crippen molar-refractivity contribution in [2.75, 3.05) is 0 Å². The fraction of sp³-hybridized carbons (Fsp3) is 0.300. The minimum atomic E-state index is -0.504. The highest BCUT2D eigenvalue weighted by molar-refractivity contribution is 9.10. The Morgan fingerprint density at radius 1 is 1.50 bits per heavy atom. The lowest BCUT2D eigenvalue weighted by molar-refractivity contribution is 0.456. The van der Waals surface area contributed by atoms with Crippen LogP contribution >= 0.6 is 15.9 Å². The quantitative estimate of drug-likeness (QED) is 0.651. The van der Waals surface area contributed by atoms with Crippen molar-refractivity contribution in [3.63, 3.8) is 0 Å². The summed E-state index contributed by atoms with van der Waals surface area (Å²) in [6.07, 6.45) is 3.16. The summed E-state index contributed by atoms with van der Waals surface area (Å²) in [6, 6.07) is 5.35. The highest BCUT2D eigenvalue weighted by Gasteiger charge is 2.46. The lowest BCUT2D eigenvalue weighted by atomic mass is 10.0. The number of para-hydroxylation sites is 1. The van der Waals surface area contributed by atoms with Crippen molar-refractivity contribution in [1.29, 1.82) is 0 Å². The Labute approximate surface area is 89.6 Å². The van der Waals surface area contributed by atoms with Gasteiger partial charge < -0.3 is 5.11 Å². The van der Waals surface area contributed by atoms with Gasteiger partial charge in [-0.15, -0.1) is 0 Å². The summed E-state index contributed by atoms with van der Waals surface area (Å²) in [6.45, 7) is 0. The van der Waals surface area contributed by atoms with Crippen molar-refractivity contribution in [2.24, 2.45) is 4.99 Å². The molecule has 0 unspecified atom stereocenters. The van der Waals surface area contributed by atoms with Gasteiger partial charge in [0.05, 0.1) is 4.47 Å². The van der Waals surface area contributed by atoms with Gasteiger partial charge in [0.2, 0.25) is 6.08 Å². The predicted octanol–water partition coefficient (Wildman–Crippen LogP) is 2.48. The summed E-state index contributed by atoms with van der Waals surface area (Å²) in [5, 5.41) is 9.76. The number of hydrogen-bond acceptors (Lipinski definition) is 3. The smallest absolute Gasteiger partial charge is 0.235 e. The second-order valence-electron chi connectivity index (χ2n) is 3.37. The van der Waals surface area contributed by atoms with Gasteiger partial charge in [-0.25, -0.2) is 4.79 Å². The lowest BCUT2D eigenvalue weighted by Gasteiger charge is -2.10. The SMILES string of the molecule is O=C=NC1(c2cccc(Br)c2O)CC1. The minimum Gasteiger partial charge on any atom is -0.506 e. The Morgan fingerprint density at radius 2 is 2.21 bits per heavy atom. The first kappa shape index (κ1) is 9.44. The molecule has 1 aromatic rings. The van der Waals surface area contributed by atoms with E-state index in [0.29, 0.717) is 10.0 Å². The van der Waals surface area contributed by atoms with Crippen molar-refractivity contribution >= 4 is 22.0 Å². The van der Waals surface area contributed by atoms with Gasteiger partial charge in [-0.05, 0) is 34.8 Å². The van der Waals surface area contributed by atoms with E-state index in [0.717, 1.165) is 12.8 Å². The maximum atomic E-state index is 10.2. The van der Waals surface area contributed by atoms with Crippen molar-refractivity contribution in [2.45, 2.75) is 18.4 Å². The summed E-state index contributed by atoms with van der Waals surface area (Å²) >= 11 is 3.23. The van der Waals surface area contributed by atoms with Crippen LogP contribution in [0.25, 0.3) is 0 Å². The first-order valence-corrected chi connectivity index (χ1v) is 5.06. The van der Waals surface area contributed by atoms with Crippen molar-refractivity contribution in [1.82, 2.24) is 0 Å². The molecule has 0 aliphatic heterocycles. The Hall–Kier alpha value is -1.12. The molecule has 0 radical (unpaired) electrons. The summed E-state index contributed by atoms with van der Waals surface area (Å²) in [5.74, 6) is 0.170. The molecule has 0 spiro atoms. The van der Waals surface area contributed by atoms with Gasteiger partial charge in [0.1, 0.15) is 11.3 Å². The van der Waals surface area contributed by atoms with E-state index in [1.54, 1.807) is 18.2 Å². The first-order chi connectivity index (χ1) is 6.69. The molecule has 0 amide bonds. The van der Waals surface area contributed by atoms with E-state index in [9.17, 15) is 9.90 Å². The molecule has 2 rings (SSSR count). The minimum absolute atomic E-state index is 0.170. The molecular weight excluding hydrogens is 246 g/mol. The van der Waals surface area contributed by atoms with E-state index in [1.165, 1.54) is 0 Å². The van der Waals surface area contributed by atoms with Crippen LogP contribution in [-0.2, 0) is 10.3 Å². The van der Waals surface area contributed by atoms with Crippen LogP contribution in [0.2, 0.25) is 0 Å². The third-order valence-electron chi connectivity index (χ3n) is 2.47. The molecule has 0 saturated heterocycles. The van der Waals surface area contributed by atoms with Crippen LogP contribution in [0.1, 0.15) is 18.4 Å². The largest absolute Gasteiger partial charge is 0.506 e.